The Morgan fingerprint density at radius 3 is 2.50 bits per heavy atom. The van der Waals surface area contributed by atoms with Crippen molar-refractivity contribution < 1.29 is 14.3 Å². The summed E-state index contributed by atoms with van der Waals surface area (Å²) in [6, 6.07) is 1.98. The normalized spacial score (nSPS) is 9.95. The van der Waals surface area contributed by atoms with Crippen LogP contribution in [0, 0.1) is 13.8 Å². The maximum atomic E-state index is 12.2. The molecule has 0 fully saturated rings. The zero-order valence-corrected chi connectivity index (χ0v) is 12.5. The molecule has 0 N–H and O–H groups in total. The number of rotatable bonds is 7. The lowest BCUT2D eigenvalue weighted by Crippen LogP contribution is -2.12. The van der Waals surface area contributed by atoms with E-state index in [2.05, 4.69) is 13.2 Å². The van der Waals surface area contributed by atoms with Gasteiger partial charge in [0.1, 0.15) is 17.9 Å². The van der Waals surface area contributed by atoms with Gasteiger partial charge in [0.15, 0.2) is 0 Å². The Labute approximate surface area is 120 Å². The van der Waals surface area contributed by atoms with E-state index in [9.17, 15) is 4.79 Å². The summed E-state index contributed by atoms with van der Waals surface area (Å²) in [6.07, 6.45) is 4.10. The van der Waals surface area contributed by atoms with Gasteiger partial charge in [0.05, 0.1) is 6.61 Å². The number of allylic oxidation sites excluding steroid dienone is 1. The quantitative estimate of drug-likeness (QED) is 0.561. The van der Waals surface area contributed by atoms with Gasteiger partial charge in [-0.15, -0.1) is 6.58 Å². The van der Waals surface area contributed by atoms with Crippen molar-refractivity contribution in [1.82, 2.24) is 0 Å². The van der Waals surface area contributed by atoms with Crippen molar-refractivity contribution in [2.45, 2.75) is 27.2 Å². The minimum absolute atomic E-state index is 0.337. The van der Waals surface area contributed by atoms with Crippen LogP contribution in [-0.2, 0) is 11.2 Å². The van der Waals surface area contributed by atoms with Crippen LogP contribution in [0.1, 0.15) is 34.0 Å². The van der Waals surface area contributed by atoms with Crippen LogP contribution in [0.15, 0.2) is 31.4 Å². The summed E-state index contributed by atoms with van der Waals surface area (Å²) in [5.41, 5.74) is 3.40. The highest BCUT2D eigenvalue weighted by molar-refractivity contribution is 5.95. The predicted octanol–water partition coefficient (Wildman–Crippen LogP) is 3.77. The molecule has 20 heavy (non-hydrogen) atoms. The third-order valence-electron chi connectivity index (χ3n) is 2.98. The first-order valence-corrected chi connectivity index (χ1v) is 6.71. The molecule has 1 rings (SSSR count). The zero-order valence-electron chi connectivity index (χ0n) is 12.5. The number of ether oxygens (including phenoxy) is 2. The lowest BCUT2D eigenvalue weighted by Gasteiger charge is -2.18. The summed E-state index contributed by atoms with van der Waals surface area (Å²) in [6.45, 7) is 13.8. The maximum Gasteiger partial charge on any atom is 0.342 e. The SMILES string of the molecule is C=CCOc1c(CC=C)c(C)cc(C)c1C(=O)OCC. The maximum absolute atomic E-state index is 12.2. The van der Waals surface area contributed by atoms with E-state index in [1.54, 1.807) is 19.1 Å². The number of carbonyl (C=O) groups is 1. The van der Waals surface area contributed by atoms with E-state index in [4.69, 9.17) is 9.47 Å². The Bertz CT molecular complexity index is 515. The Hall–Kier alpha value is -2.03. The van der Waals surface area contributed by atoms with Crippen molar-refractivity contribution in [3.8, 4) is 5.75 Å². The van der Waals surface area contributed by atoms with Crippen molar-refractivity contribution in [1.29, 1.82) is 0 Å². The molecule has 1 aromatic carbocycles. The molecule has 0 aromatic heterocycles. The molecule has 0 atom stereocenters. The van der Waals surface area contributed by atoms with Crippen LogP contribution in [0.5, 0.6) is 5.75 Å². The van der Waals surface area contributed by atoms with Gasteiger partial charge in [0, 0.05) is 5.56 Å². The van der Waals surface area contributed by atoms with Gasteiger partial charge in [0.2, 0.25) is 0 Å². The second-order valence-corrected chi connectivity index (χ2v) is 4.51. The lowest BCUT2D eigenvalue weighted by atomic mass is 9.96. The third-order valence-corrected chi connectivity index (χ3v) is 2.98. The average molecular weight is 274 g/mol. The fourth-order valence-corrected chi connectivity index (χ4v) is 2.15. The lowest BCUT2D eigenvalue weighted by molar-refractivity contribution is 0.0521. The summed E-state index contributed by atoms with van der Waals surface area (Å²) in [5.74, 6) is 0.232. The van der Waals surface area contributed by atoms with Gasteiger partial charge in [-0.25, -0.2) is 4.79 Å². The fourth-order valence-electron chi connectivity index (χ4n) is 2.15. The molecule has 0 aliphatic rings. The van der Waals surface area contributed by atoms with Gasteiger partial charge in [-0.3, -0.25) is 0 Å². The Morgan fingerprint density at radius 2 is 1.95 bits per heavy atom. The van der Waals surface area contributed by atoms with Crippen LogP contribution < -0.4 is 4.74 Å². The molecule has 0 unspecified atom stereocenters. The molecule has 3 heteroatoms. The van der Waals surface area contributed by atoms with Crippen LogP contribution in [-0.4, -0.2) is 19.2 Å². The summed E-state index contributed by atoms with van der Waals surface area (Å²) < 4.78 is 10.9. The first-order chi connectivity index (χ1) is 9.56. The van der Waals surface area contributed by atoms with E-state index in [-0.39, 0.29) is 5.97 Å². The minimum Gasteiger partial charge on any atom is -0.488 e. The van der Waals surface area contributed by atoms with Crippen LogP contribution in [0.4, 0.5) is 0 Å². The van der Waals surface area contributed by atoms with Gasteiger partial charge in [0.25, 0.3) is 0 Å². The molecular formula is C17H22O3. The van der Waals surface area contributed by atoms with E-state index >= 15 is 0 Å². The van der Waals surface area contributed by atoms with Gasteiger partial charge in [-0.1, -0.05) is 24.8 Å². The van der Waals surface area contributed by atoms with Crippen molar-refractivity contribution >= 4 is 5.97 Å². The summed E-state index contributed by atoms with van der Waals surface area (Å²) in [4.78, 5) is 12.2. The van der Waals surface area contributed by atoms with Crippen molar-refractivity contribution in [2.24, 2.45) is 0 Å². The highest BCUT2D eigenvalue weighted by Gasteiger charge is 2.21. The molecule has 0 heterocycles. The highest BCUT2D eigenvalue weighted by Crippen LogP contribution is 2.32. The molecule has 108 valence electrons. The second kappa shape index (κ2) is 7.53. The molecule has 0 amide bonds. The first kappa shape index (κ1) is 16.0. The monoisotopic (exact) mass is 274 g/mol. The number of esters is 1. The van der Waals surface area contributed by atoms with Crippen LogP contribution >= 0.6 is 0 Å². The van der Waals surface area contributed by atoms with Gasteiger partial charge < -0.3 is 9.47 Å². The van der Waals surface area contributed by atoms with E-state index in [0.29, 0.717) is 30.9 Å². The Kier molecular flexibility index (Phi) is 6.04. The second-order valence-electron chi connectivity index (χ2n) is 4.51. The molecule has 0 saturated heterocycles. The Balaban J connectivity index is 3.44. The largest absolute Gasteiger partial charge is 0.488 e. The molecular weight excluding hydrogens is 252 g/mol. The average Bonchev–Trinajstić information content (AvgIpc) is 2.40. The topological polar surface area (TPSA) is 35.5 Å². The van der Waals surface area contributed by atoms with E-state index < -0.39 is 0 Å². The van der Waals surface area contributed by atoms with Gasteiger partial charge >= 0.3 is 5.97 Å². The first-order valence-electron chi connectivity index (χ1n) is 6.71. The third kappa shape index (κ3) is 3.50. The van der Waals surface area contributed by atoms with Gasteiger partial charge in [-0.2, -0.15) is 0 Å². The van der Waals surface area contributed by atoms with Crippen LogP contribution in [0.25, 0.3) is 0 Å². The van der Waals surface area contributed by atoms with Crippen LogP contribution in [0.2, 0.25) is 0 Å². The van der Waals surface area contributed by atoms with Crippen LogP contribution in [0.3, 0.4) is 0 Å². The minimum atomic E-state index is -0.352. The number of aryl methyl sites for hydroxylation is 2. The molecule has 0 radical (unpaired) electrons. The standard InChI is InChI=1S/C17H22O3/c1-6-9-14-12(4)11-13(5)15(17(18)19-8-3)16(14)20-10-7-2/h6-7,11H,1-2,8-10H2,3-5H3. The smallest absolute Gasteiger partial charge is 0.342 e. The number of hydrogen-bond donors (Lipinski definition) is 0. The summed E-state index contributed by atoms with van der Waals surface area (Å²) >= 11 is 0. The molecule has 1 aromatic rings. The molecule has 0 aliphatic carbocycles. The van der Waals surface area contributed by atoms with Crippen molar-refractivity contribution in [3.63, 3.8) is 0 Å². The number of hydrogen-bond acceptors (Lipinski definition) is 3. The Morgan fingerprint density at radius 1 is 1.25 bits per heavy atom. The van der Waals surface area contributed by atoms with Crippen molar-refractivity contribution in [2.75, 3.05) is 13.2 Å². The highest BCUT2D eigenvalue weighted by atomic mass is 16.5. The van der Waals surface area contributed by atoms with Gasteiger partial charge in [-0.05, 0) is 38.3 Å². The van der Waals surface area contributed by atoms with E-state index in [1.807, 2.05) is 19.9 Å². The van der Waals surface area contributed by atoms with Crippen molar-refractivity contribution in [3.05, 3.63) is 53.6 Å². The number of carbonyl (C=O) groups excluding carboxylic acids is 1. The molecule has 0 saturated carbocycles. The summed E-state index contributed by atoms with van der Waals surface area (Å²) in [5, 5.41) is 0. The molecule has 3 nitrogen and oxygen atoms in total. The van der Waals surface area contributed by atoms with E-state index in [0.717, 1.165) is 16.7 Å². The molecule has 0 spiro atoms. The zero-order chi connectivity index (χ0) is 15.1. The predicted molar refractivity (Wildman–Crippen MR) is 81.5 cm³/mol. The van der Waals surface area contributed by atoms with E-state index in [1.165, 1.54) is 0 Å². The molecule has 0 aliphatic heterocycles. The summed E-state index contributed by atoms with van der Waals surface area (Å²) in [7, 11) is 0. The molecule has 0 bridgehead atoms. The fraction of sp³-hybridized carbons (Fsp3) is 0.353. The number of benzene rings is 1.